The molecule has 0 spiro atoms. The van der Waals surface area contributed by atoms with Crippen LogP contribution in [0.5, 0.6) is 0 Å². The summed E-state index contributed by atoms with van der Waals surface area (Å²) in [6.45, 7) is 3.96. The zero-order valence-electron chi connectivity index (χ0n) is 14.9. The fourth-order valence-electron chi connectivity index (χ4n) is 2.78. The molecular weight excluding hydrogens is 358 g/mol. The number of carbonyl (C=O) groups is 1. The van der Waals surface area contributed by atoms with Gasteiger partial charge in [0.1, 0.15) is 5.69 Å². The lowest BCUT2D eigenvalue weighted by atomic mass is 10.2. The van der Waals surface area contributed by atoms with Crippen molar-refractivity contribution in [2.24, 2.45) is 0 Å². The molecule has 0 saturated carbocycles. The predicted molar refractivity (Wildman–Crippen MR) is 106 cm³/mol. The van der Waals surface area contributed by atoms with E-state index in [0.717, 1.165) is 28.5 Å². The summed E-state index contributed by atoms with van der Waals surface area (Å²) in [5.41, 5.74) is 5.02. The topological polar surface area (TPSA) is 72.7 Å². The SMILES string of the molecule is Cc1cc(C)n(-c2ccc(C(=O)Nc3nc(-c4ccccn4)cs3)cc2)n1. The number of rotatable bonds is 4. The number of hydrogen-bond donors (Lipinski definition) is 1. The summed E-state index contributed by atoms with van der Waals surface area (Å²) in [5, 5.41) is 9.72. The Labute approximate surface area is 160 Å². The first-order chi connectivity index (χ1) is 13.1. The second-order valence-corrected chi connectivity index (χ2v) is 6.95. The molecule has 4 rings (SSSR count). The van der Waals surface area contributed by atoms with Gasteiger partial charge >= 0.3 is 0 Å². The molecular formula is C20H17N5OS. The standard InChI is InChI=1S/C20H17N5OS/c1-13-11-14(2)25(24-13)16-8-6-15(7-9-16)19(26)23-20-22-18(12-27-20)17-5-3-4-10-21-17/h3-12H,1-2H3,(H,22,23,26). The van der Waals surface area contributed by atoms with Gasteiger partial charge in [0.05, 0.1) is 17.1 Å². The van der Waals surface area contributed by atoms with Crippen molar-refractivity contribution >= 4 is 22.4 Å². The van der Waals surface area contributed by atoms with E-state index in [9.17, 15) is 4.79 Å². The highest BCUT2D eigenvalue weighted by molar-refractivity contribution is 7.14. The van der Waals surface area contributed by atoms with Crippen LogP contribution < -0.4 is 5.32 Å². The van der Waals surface area contributed by atoms with Gasteiger partial charge in [-0.25, -0.2) is 9.67 Å². The Hall–Kier alpha value is -3.32. The zero-order valence-corrected chi connectivity index (χ0v) is 15.7. The molecule has 27 heavy (non-hydrogen) atoms. The van der Waals surface area contributed by atoms with E-state index in [1.54, 1.807) is 18.3 Å². The average Bonchev–Trinajstić information content (AvgIpc) is 3.28. The van der Waals surface area contributed by atoms with Crippen LogP contribution in [-0.2, 0) is 0 Å². The third-order valence-electron chi connectivity index (χ3n) is 4.04. The molecule has 0 aliphatic heterocycles. The Bertz CT molecular complexity index is 1080. The quantitative estimate of drug-likeness (QED) is 0.578. The van der Waals surface area contributed by atoms with Gasteiger partial charge in [-0.15, -0.1) is 11.3 Å². The number of hydrogen-bond acceptors (Lipinski definition) is 5. The molecule has 1 aromatic carbocycles. The number of pyridine rings is 1. The number of thiazole rings is 1. The van der Waals surface area contributed by atoms with Gasteiger partial charge in [-0.1, -0.05) is 6.07 Å². The van der Waals surface area contributed by atoms with E-state index in [1.807, 2.05) is 60.3 Å². The van der Waals surface area contributed by atoms with Gasteiger partial charge < -0.3 is 0 Å². The fourth-order valence-corrected chi connectivity index (χ4v) is 3.48. The summed E-state index contributed by atoms with van der Waals surface area (Å²) in [7, 11) is 0. The van der Waals surface area contributed by atoms with Crippen molar-refractivity contribution in [2.75, 3.05) is 5.32 Å². The van der Waals surface area contributed by atoms with E-state index >= 15 is 0 Å². The maximum absolute atomic E-state index is 12.5. The van der Waals surface area contributed by atoms with E-state index in [4.69, 9.17) is 0 Å². The molecule has 0 bridgehead atoms. The van der Waals surface area contributed by atoms with Crippen molar-refractivity contribution in [2.45, 2.75) is 13.8 Å². The van der Waals surface area contributed by atoms with Crippen molar-refractivity contribution in [1.29, 1.82) is 0 Å². The van der Waals surface area contributed by atoms with E-state index in [1.165, 1.54) is 11.3 Å². The Morgan fingerprint density at radius 2 is 1.89 bits per heavy atom. The number of nitrogens with one attached hydrogen (secondary N) is 1. The van der Waals surface area contributed by atoms with Gasteiger partial charge in [0.25, 0.3) is 5.91 Å². The molecule has 7 heteroatoms. The minimum absolute atomic E-state index is 0.197. The maximum Gasteiger partial charge on any atom is 0.257 e. The number of amides is 1. The maximum atomic E-state index is 12.5. The van der Waals surface area contributed by atoms with Gasteiger partial charge in [0, 0.05) is 22.8 Å². The Morgan fingerprint density at radius 3 is 2.56 bits per heavy atom. The second-order valence-electron chi connectivity index (χ2n) is 6.09. The summed E-state index contributed by atoms with van der Waals surface area (Å²) < 4.78 is 1.86. The van der Waals surface area contributed by atoms with Gasteiger partial charge in [-0.3, -0.25) is 15.1 Å². The van der Waals surface area contributed by atoms with E-state index in [0.29, 0.717) is 10.7 Å². The zero-order chi connectivity index (χ0) is 18.8. The normalized spacial score (nSPS) is 10.7. The molecule has 0 unspecified atom stereocenters. The first-order valence-electron chi connectivity index (χ1n) is 8.42. The van der Waals surface area contributed by atoms with Gasteiger partial charge in [0.15, 0.2) is 5.13 Å². The van der Waals surface area contributed by atoms with Crippen LogP contribution in [0.15, 0.2) is 60.1 Å². The molecule has 0 atom stereocenters. The Morgan fingerprint density at radius 1 is 1.07 bits per heavy atom. The van der Waals surface area contributed by atoms with Gasteiger partial charge in [0.2, 0.25) is 0 Å². The molecule has 0 aliphatic carbocycles. The van der Waals surface area contributed by atoms with Crippen LogP contribution in [-0.4, -0.2) is 25.7 Å². The number of aryl methyl sites for hydroxylation is 2. The van der Waals surface area contributed by atoms with Crippen LogP contribution >= 0.6 is 11.3 Å². The summed E-state index contributed by atoms with van der Waals surface area (Å²) in [6.07, 6.45) is 1.72. The van der Waals surface area contributed by atoms with Crippen LogP contribution in [0.25, 0.3) is 17.1 Å². The summed E-state index contributed by atoms with van der Waals surface area (Å²) in [6, 6.07) is 15.0. The third-order valence-corrected chi connectivity index (χ3v) is 4.79. The molecule has 1 N–H and O–H groups in total. The molecule has 3 heterocycles. The first-order valence-corrected chi connectivity index (χ1v) is 9.30. The highest BCUT2D eigenvalue weighted by atomic mass is 32.1. The highest BCUT2D eigenvalue weighted by Gasteiger charge is 2.11. The van der Waals surface area contributed by atoms with Crippen LogP contribution in [0, 0.1) is 13.8 Å². The lowest BCUT2D eigenvalue weighted by Gasteiger charge is -2.06. The van der Waals surface area contributed by atoms with Crippen LogP contribution in [0.1, 0.15) is 21.7 Å². The van der Waals surface area contributed by atoms with Crippen molar-refractivity contribution in [3.63, 3.8) is 0 Å². The molecule has 3 aromatic heterocycles. The molecule has 134 valence electrons. The minimum Gasteiger partial charge on any atom is -0.298 e. The smallest absolute Gasteiger partial charge is 0.257 e. The van der Waals surface area contributed by atoms with Crippen LogP contribution in [0.3, 0.4) is 0 Å². The molecule has 6 nitrogen and oxygen atoms in total. The van der Waals surface area contributed by atoms with E-state index in [-0.39, 0.29) is 5.91 Å². The van der Waals surface area contributed by atoms with Crippen LogP contribution in [0.4, 0.5) is 5.13 Å². The van der Waals surface area contributed by atoms with Crippen molar-refractivity contribution in [3.8, 4) is 17.1 Å². The largest absolute Gasteiger partial charge is 0.298 e. The second kappa shape index (κ2) is 7.13. The lowest BCUT2D eigenvalue weighted by molar-refractivity contribution is 0.102. The van der Waals surface area contributed by atoms with Gasteiger partial charge in [-0.2, -0.15) is 5.10 Å². The minimum atomic E-state index is -0.197. The molecule has 0 radical (unpaired) electrons. The monoisotopic (exact) mass is 375 g/mol. The molecule has 0 fully saturated rings. The Balaban J connectivity index is 1.49. The first kappa shape index (κ1) is 17.1. The summed E-state index contributed by atoms with van der Waals surface area (Å²) in [5.74, 6) is -0.197. The molecule has 4 aromatic rings. The third kappa shape index (κ3) is 3.63. The number of nitrogens with zero attached hydrogens (tertiary/aromatic N) is 4. The lowest BCUT2D eigenvalue weighted by Crippen LogP contribution is -2.12. The van der Waals surface area contributed by atoms with Gasteiger partial charge in [-0.05, 0) is 56.3 Å². The molecule has 0 saturated heterocycles. The van der Waals surface area contributed by atoms with Crippen molar-refractivity contribution < 1.29 is 4.79 Å². The summed E-state index contributed by atoms with van der Waals surface area (Å²) >= 11 is 1.37. The van der Waals surface area contributed by atoms with E-state index in [2.05, 4.69) is 20.4 Å². The van der Waals surface area contributed by atoms with Crippen molar-refractivity contribution in [3.05, 3.63) is 77.1 Å². The molecule has 0 aliphatic rings. The number of benzene rings is 1. The number of carbonyl (C=O) groups excluding carboxylic acids is 1. The summed E-state index contributed by atoms with van der Waals surface area (Å²) in [4.78, 5) is 21.2. The average molecular weight is 375 g/mol. The highest BCUT2D eigenvalue weighted by Crippen LogP contribution is 2.23. The predicted octanol–water partition coefficient (Wildman–Crippen LogP) is 4.26. The van der Waals surface area contributed by atoms with Crippen molar-refractivity contribution in [1.82, 2.24) is 19.7 Å². The number of aromatic nitrogens is 4. The van der Waals surface area contributed by atoms with Crippen LogP contribution in [0.2, 0.25) is 0 Å². The molecule has 1 amide bonds. The number of anilines is 1. The fraction of sp³-hybridized carbons (Fsp3) is 0.100. The Kier molecular flexibility index (Phi) is 4.52. The van der Waals surface area contributed by atoms with E-state index < -0.39 is 0 Å².